The molecule has 0 atom stereocenters. The third kappa shape index (κ3) is 6.71. The number of nitrogens with zero attached hydrogens (tertiary/aromatic N) is 2. The van der Waals surface area contributed by atoms with Crippen LogP contribution in [0.3, 0.4) is 0 Å². The molecule has 0 radical (unpaired) electrons. The lowest BCUT2D eigenvalue weighted by Gasteiger charge is -2.05. The summed E-state index contributed by atoms with van der Waals surface area (Å²) in [7, 11) is 0. The molecule has 2 N–H and O–H groups in total. The molecule has 0 saturated carbocycles. The van der Waals surface area contributed by atoms with E-state index in [1.54, 1.807) is 30.3 Å². The first-order valence-electron chi connectivity index (χ1n) is 9.28. The molecule has 2 amide bonds. The number of benzene rings is 3. The second kappa shape index (κ2) is 10.6. The van der Waals surface area contributed by atoms with Crippen molar-refractivity contribution in [1.82, 2.24) is 5.43 Å². The Kier molecular flexibility index (Phi) is 7.45. The van der Waals surface area contributed by atoms with Gasteiger partial charge in [0, 0.05) is 22.8 Å². The van der Waals surface area contributed by atoms with Crippen molar-refractivity contribution in [3.05, 3.63) is 99.1 Å². The molecule has 10 nitrogen and oxygen atoms in total. The van der Waals surface area contributed by atoms with Gasteiger partial charge in [-0.25, -0.2) is 10.2 Å². The number of nitrogens with one attached hydrogen (secondary N) is 2. The zero-order valence-corrected chi connectivity index (χ0v) is 17.5. The molecular weight excluding hydrogens is 452 g/mol. The van der Waals surface area contributed by atoms with E-state index >= 15 is 0 Å². The monoisotopic (exact) mass is 466 g/mol. The van der Waals surface area contributed by atoms with Crippen molar-refractivity contribution in [1.29, 1.82) is 0 Å². The summed E-state index contributed by atoms with van der Waals surface area (Å²) < 4.78 is 5.25. The maximum atomic E-state index is 12.2. The van der Waals surface area contributed by atoms with Crippen LogP contribution in [0, 0.1) is 10.1 Å². The van der Waals surface area contributed by atoms with Gasteiger partial charge in [-0.05, 0) is 48.0 Å². The van der Waals surface area contributed by atoms with E-state index in [0.29, 0.717) is 16.3 Å². The van der Waals surface area contributed by atoms with E-state index in [1.807, 2.05) is 0 Å². The van der Waals surface area contributed by atoms with Crippen molar-refractivity contribution in [2.24, 2.45) is 5.10 Å². The summed E-state index contributed by atoms with van der Waals surface area (Å²) in [6, 6.07) is 17.5. The van der Waals surface area contributed by atoms with E-state index in [4.69, 9.17) is 16.3 Å². The van der Waals surface area contributed by atoms with Crippen molar-refractivity contribution >= 4 is 47.0 Å². The van der Waals surface area contributed by atoms with E-state index in [1.165, 1.54) is 48.7 Å². The Morgan fingerprint density at radius 1 is 0.970 bits per heavy atom. The van der Waals surface area contributed by atoms with E-state index < -0.39 is 22.7 Å². The average Bonchev–Trinajstić information content (AvgIpc) is 2.79. The van der Waals surface area contributed by atoms with Crippen LogP contribution in [-0.2, 0) is 9.59 Å². The summed E-state index contributed by atoms with van der Waals surface area (Å²) in [6.07, 6.45) is 1.26. The number of carbonyl (C=O) groups is 3. The highest BCUT2D eigenvalue weighted by atomic mass is 35.5. The SMILES string of the molecule is O=C(N/N=C/c1cccc(OC(=O)c2ccc([N+](=O)[O-])cc2)c1)C(=O)Nc1cccc(Cl)c1. The molecule has 11 heteroatoms. The number of esters is 1. The summed E-state index contributed by atoms with van der Waals surface area (Å²) in [5.74, 6) is -2.44. The van der Waals surface area contributed by atoms with Crippen LogP contribution in [0.25, 0.3) is 0 Å². The average molecular weight is 467 g/mol. The largest absolute Gasteiger partial charge is 0.423 e. The minimum Gasteiger partial charge on any atom is -0.423 e. The fraction of sp³-hybridized carbons (Fsp3) is 0. The molecular formula is C22H15ClN4O6. The van der Waals surface area contributed by atoms with Crippen molar-refractivity contribution < 1.29 is 24.0 Å². The van der Waals surface area contributed by atoms with Crippen LogP contribution in [0.4, 0.5) is 11.4 Å². The van der Waals surface area contributed by atoms with Crippen LogP contribution in [-0.4, -0.2) is 28.9 Å². The third-order valence-electron chi connectivity index (χ3n) is 4.05. The lowest BCUT2D eigenvalue weighted by atomic mass is 10.2. The zero-order valence-electron chi connectivity index (χ0n) is 16.7. The standard InChI is InChI=1S/C22H15ClN4O6/c23-16-4-2-5-17(12-16)25-20(28)21(29)26-24-13-14-3-1-6-19(11-14)33-22(30)15-7-9-18(10-8-15)27(31)32/h1-13H,(H,25,28)(H,26,29)/b24-13+. The Morgan fingerprint density at radius 3 is 2.39 bits per heavy atom. The topological polar surface area (TPSA) is 140 Å². The van der Waals surface area contributed by atoms with Gasteiger partial charge in [-0.3, -0.25) is 19.7 Å². The van der Waals surface area contributed by atoms with E-state index in [2.05, 4.69) is 15.8 Å². The van der Waals surface area contributed by atoms with Crippen LogP contribution in [0.5, 0.6) is 5.75 Å². The first-order chi connectivity index (χ1) is 15.8. The summed E-state index contributed by atoms with van der Waals surface area (Å²) >= 11 is 5.82. The number of ether oxygens (including phenoxy) is 1. The molecule has 3 rings (SSSR count). The number of hydrogen-bond acceptors (Lipinski definition) is 7. The molecule has 166 valence electrons. The molecule has 0 aliphatic carbocycles. The first-order valence-corrected chi connectivity index (χ1v) is 9.66. The molecule has 0 aliphatic heterocycles. The number of carbonyl (C=O) groups excluding carboxylic acids is 3. The van der Waals surface area contributed by atoms with Crippen molar-refractivity contribution in [3.8, 4) is 5.75 Å². The molecule has 33 heavy (non-hydrogen) atoms. The summed E-state index contributed by atoms with van der Waals surface area (Å²) in [6.45, 7) is 0. The predicted octanol–water partition coefficient (Wildman–Crippen LogP) is 3.56. The van der Waals surface area contributed by atoms with Gasteiger partial charge >= 0.3 is 17.8 Å². The number of anilines is 1. The highest BCUT2D eigenvalue weighted by Crippen LogP contribution is 2.17. The Bertz CT molecular complexity index is 1240. The highest BCUT2D eigenvalue weighted by molar-refractivity contribution is 6.39. The van der Waals surface area contributed by atoms with Gasteiger partial charge in [0.1, 0.15) is 5.75 Å². The Labute approximate surface area is 192 Å². The molecule has 0 aliphatic rings. The maximum absolute atomic E-state index is 12.2. The van der Waals surface area contributed by atoms with Gasteiger partial charge in [-0.2, -0.15) is 5.10 Å². The predicted molar refractivity (Wildman–Crippen MR) is 120 cm³/mol. The Balaban J connectivity index is 1.56. The summed E-state index contributed by atoms with van der Waals surface area (Å²) in [4.78, 5) is 46.1. The minimum absolute atomic E-state index is 0.137. The Morgan fingerprint density at radius 2 is 1.70 bits per heavy atom. The normalized spacial score (nSPS) is 10.5. The van der Waals surface area contributed by atoms with Crippen LogP contribution in [0.15, 0.2) is 77.9 Å². The number of nitro benzene ring substituents is 1. The zero-order chi connectivity index (χ0) is 23.8. The van der Waals surface area contributed by atoms with Gasteiger partial charge in [-0.15, -0.1) is 0 Å². The van der Waals surface area contributed by atoms with Gasteiger partial charge in [0.25, 0.3) is 5.69 Å². The molecule has 0 unspecified atom stereocenters. The molecule has 0 bridgehead atoms. The van der Waals surface area contributed by atoms with Crippen LogP contribution in [0.2, 0.25) is 5.02 Å². The lowest BCUT2D eigenvalue weighted by molar-refractivity contribution is -0.384. The van der Waals surface area contributed by atoms with Gasteiger partial charge < -0.3 is 10.1 Å². The van der Waals surface area contributed by atoms with Gasteiger partial charge in [-0.1, -0.05) is 29.8 Å². The summed E-state index contributed by atoms with van der Waals surface area (Å²) in [5, 5.41) is 17.2. The third-order valence-corrected chi connectivity index (χ3v) is 4.29. The van der Waals surface area contributed by atoms with Crippen LogP contribution < -0.4 is 15.5 Å². The Hall–Kier alpha value is -4.57. The van der Waals surface area contributed by atoms with E-state index in [9.17, 15) is 24.5 Å². The van der Waals surface area contributed by atoms with E-state index in [-0.39, 0.29) is 17.0 Å². The lowest BCUT2D eigenvalue weighted by Crippen LogP contribution is -2.32. The maximum Gasteiger partial charge on any atom is 0.343 e. The van der Waals surface area contributed by atoms with Gasteiger partial charge in [0.15, 0.2) is 0 Å². The van der Waals surface area contributed by atoms with Gasteiger partial charge in [0.05, 0.1) is 16.7 Å². The summed E-state index contributed by atoms with van der Waals surface area (Å²) in [5.41, 5.74) is 2.91. The van der Waals surface area contributed by atoms with E-state index in [0.717, 1.165) is 0 Å². The smallest absolute Gasteiger partial charge is 0.343 e. The number of nitro groups is 1. The molecule has 0 heterocycles. The molecule has 3 aromatic carbocycles. The van der Waals surface area contributed by atoms with Crippen LogP contribution in [0.1, 0.15) is 15.9 Å². The number of rotatable bonds is 6. The molecule has 3 aromatic rings. The fourth-order valence-corrected chi connectivity index (χ4v) is 2.70. The van der Waals surface area contributed by atoms with Crippen molar-refractivity contribution in [2.75, 3.05) is 5.32 Å². The second-order valence-corrected chi connectivity index (χ2v) is 6.87. The first kappa shape index (κ1) is 23.1. The minimum atomic E-state index is -0.994. The number of halogens is 1. The van der Waals surface area contributed by atoms with Crippen molar-refractivity contribution in [3.63, 3.8) is 0 Å². The molecule has 0 fully saturated rings. The molecule has 0 aromatic heterocycles. The highest BCUT2D eigenvalue weighted by Gasteiger charge is 2.13. The van der Waals surface area contributed by atoms with Crippen LogP contribution >= 0.6 is 11.6 Å². The van der Waals surface area contributed by atoms with Gasteiger partial charge in [0.2, 0.25) is 0 Å². The quantitative estimate of drug-likeness (QED) is 0.142. The number of non-ortho nitro benzene ring substituents is 1. The fourth-order valence-electron chi connectivity index (χ4n) is 2.51. The van der Waals surface area contributed by atoms with Crippen molar-refractivity contribution in [2.45, 2.75) is 0 Å². The second-order valence-electron chi connectivity index (χ2n) is 6.43. The number of hydrazone groups is 1. The number of amides is 2. The molecule has 0 saturated heterocycles. The number of hydrogen-bond donors (Lipinski definition) is 2. The molecule has 0 spiro atoms.